The van der Waals surface area contributed by atoms with E-state index >= 15 is 0 Å². The molecule has 1 aromatic carbocycles. The van der Waals surface area contributed by atoms with Crippen molar-refractivity contribution in [2.24, 2.45) is 5.92 Å². The van der Waals surface area contributed by atoms with Crippen molar-refractivity contribution >= 4 is 27.0 Å². The van der Waals surface area contributed by atoms with Gasteiger partial charge in [-0.1, -0.05) is 35.0 Å². The second kappa shape index (κ2) is 5.63. The SMILES string of the molecule is CCC1OCCC1C(Br)Cc1nc2ccccc2o1. The van der Waals surface area contributed by atoms with Gasteiger partial charge in [0.1, 0.15) is 5.52 Å². The van der Waals surface area contributed by atoms with Gasteiger partial charge in [-0.2, -0.15) is 0 Å². The van der Waals surface area contributed by atoms with Gasteiger partial charge in [0.2, 0.25) is 0 Å². The van der Waals surface area contributed by atoms with Crippen LogP contribution in [0.2, 0.25) is 0 Å². The van der Waals surface area contributed by atoms with Gasteiger partial charge in [-0.05, 0) is 25.0 Å². The smallest absolute Gasteiger partial charge is 0.196 e. The molecule has 2 heterocycles. The topological polar surface area (TPSA) is 35.3 Å². The minimum atomic E-state index is 0.369. The van der Waals surface area contributed by atoms with Gasteiger partial charge in [-0.25, -0.2) is 4.98 Å². The first-order chi connectivity index (χ1) is 9.28. The molecule has 3 rings (SSSR count). The van der Waals surface area contributed by atoms with E-state index in [-0.39, 0.29) is 0 Å². The van der Waals surface area contributed by atoms with E-state index in [0.717, 1.165) is 42.9 Å². The van der Waals surface area contributed by atoms with Gasteiger partial charge >= 0.3 is 0 Å². The van der Waals surface area contributed by atoms with Crippen molar-refractivity contribution in [3.8, 4) is 0 Å². The largest absolute Gasteiger partial charge is 0.441 e. The Hall–Kier alpha value is -0.870. The van der Waals surface area contributed by atoms with E-state index in [0.29, 0.717) is 16.8 Å². The van der Waals surface area contributed by atoms with Gasteiger partial charge in [0.05, 0.1) is 6.10 Å². The standard InChI is InChI=1S/C15H18BrNO2/c1-2-13-10(7-8-18-13)11(16)9-15-17-12-5-3-4-6-14(12)19-15/h3-6,10-11,13H,2,7-9H2,1H3. The molecule has 1 aromatic heterocycles. The van der Waals surface area contributed by atoms with Crippen molar-refractivity contribution in [2.45, 2.75) is 37.1 Å². The number of alkyl halides is 1. The van der Waals surface area contributed by atoms with E-state index < -0.39 is 0 Å². The predicted molar refractivity (Wildman–Crippen MR) is 78.6 cm³/mol. The Balaban J connectivity index is 1.73. The van der Waals surface area contributed by atoms with E-state index in [2.05, 4.69) is 27.8 Å². The van der Waals surface area contributed by atoms with Crippen molar-refractivity contribution < 1.29 is 9.15 Å². The normalized spacial score (nSPS) is 24.9. The van der Waals surface area contributed by atoms with Gasteiger partial charge in [0.25, 0.3) is 0 Å². The molecule has 3 atom stereocenters. The summed E-state index contributed by atoms with van der Waals surface area (Å²) in [4.78, 5) is 4.91. The van der Waals surface area contributed by atoms with Gasteiger partial charge < -0.3 is 9.15 Å². The van der Waals surface area contributed by atoms with Gasteiger partial charge in [-0.15, -0.1) is 0 Å². The maximum Gasteiger partial charge on any atom is 0.196 e. The second-order valence-corrected chi connectivity index (χ2v) is 6.24. The Morgan fingerprint density at radius 3 is 3.05 bits per heavy atom. The first-order valence-corrected chi connectivity index (χ1v) is 7.79. The number of fused-ring (bicyclic) bond motifs is 1. The molecule has 0 saturated carbocycles. The molecule has 102 valence electrons. The minimum absolute atomic E-state index is 0.369. The van der Waals surface area contributed by atoms with Crippen LogP contribution in [0.3, 0.4) is 0 Å². The maximum atomic E-state index is 5.79. The third kappa shape index (κ3) is 2.70. The van der Waals surface area contributed by atoms with E-state index in [9.17, 15) is 0 Å². The first-order valence-electron chi connectivity index (χ1n) is 6.88. The molecule has 0 N–H and O–H groups in total. The molecule has 1 fully saturated rings. The molecule has 0 aliphatic carbocycles. The number of halogens is 1. The molecule has 0 radical (unpaired) electrons. The summed E-state index contributed by atoms with van der Waals surface area (Å²) in [7, 11) is 0. The predicted octanol–water partition coefficient (Wildman–Crippen LogP) is 3.95. The zero-order chi connectivity index (χ0) is 13.2. The number of nitrogens with zero attached hydrogens (tertiary/aromatic N) is 1. The summed E-state index contributed by atoms with van der Waals surface area (Å²) < 4.78 is 11.5. The van der Waals surface area contributed by atoms with Crippen LogP contribution in [0, 0.1) is 5.92 Å². The van der Waals surface area contributed by atoms with Crippen molar-refractivity contribution in [3.63, 3.8) is 0 Å². The molecule has 19 heavy (non-hydrogen) atoms. The molecule has 1 aliphatic heterocycles. The Labute approximate surface area is 121 Å². The lowest BCUT2D eigenvalue weighted by atomic mass is 9.94. The molecule has 1 aliphatic rings. The Morgan fingerprint density at radius 1 is 1.42 bits per heavy atom. The summed E-state index contributed by atoms with van der Waals surface area (Å²) in [6.07, 6.45) is 3.38. The summed E-state index contributed by atoms with van der Waals surface area (Å²) in [5.74, 6) is 1.37. The zero-order valence-electron chi connectivity index (χ0n) is 11.0. The number of benzene rings is 1. The van der Waals surface area contributed by atoms with E-state index in [1.165, 1.54) is 0 Å². The third-order valence-electron chi connectivity index (χ3n) is 3.84. The highest BCUT2D eigenvalue weighted by Crippen LogP contribution is 2.32. The molecule has 3 unspecified atom stereocenters. The zero-order valence-corrected chi connectivity index (χ0v) is 12.6. The van der Waals surface area contributed by atoms with Crippen molar-refractivity contribution in [1.82, 2.24) is 4.98 Å². The number of hydrogen-bond acceptors (Lipinski definition) is 3. The van der Waals surface area contributed by atoms with E-state index in [1.54, 1.807) is 0 Å². The minimum Gasteiger partial charge on any atom is -0.441 e. The first kappa shape index (κ1) is 13.1. The average molecular weight is 324 g/mol. The molecular formula is C15H18BrNO2. The lowest BCUT2D eigenvalue weighted by Gasteiger charge is -2.21. The highest BCUT2D eigenvalue weighted by atomic mass is 79.9. The number of rotatable bonds is 4. The van der Waals surface area contributed by atoms with E-state index in [1.807, 2.05) is 24.3 Å². The number of hydrogen-bond donors (Lipinski definition) is 0. The molecule has 4 heteroatoms. The van der Waals surface area contributed by atoms with Gasteiger partial charge in [-0.3, -0.25) is 0 Å². The molecular weight excluding hydrogens is 306 g/mol. The fraction of sp³-hybridized carbons (Fsp3) is 0.533. The summed E-state index contributed by atoms with van der Waals surface area (Å²) in [5.41, 5.74) is 1.80. The van der Waals surface area contributed by atoms with Crippen LogP contribution in [-0.2, 0) is 11.2 Å². The van der Waals surface area contributed by atoms with Crippen LogP contribution in [0.15, 0.2) is 28.7 Å². The fourth-order valence-corrected chi connectivity index (χ4v) is 3.71. The van der Waals surface area contributed by atoms with Crippen molar-refractivity contribution in [2.75, 3.05) is 6.61 Å². The molecule has 0 bridgehead atoms. The summed E-state index contributed by atoms with van der Waals surface area (Å²) in [6, 6.07) is 7.90. The van der Waals surface area contributed by atoms with Crippen LogP contribution < -0.4 is 0 Å². The Bertz CT molecular complexity index is 521. The quantitative estimate of drug-likeness (QED) is 0.799. The number of para-hydroxylation sites is 2. The number of ether oxygens (including phenoxy) is 1. The Kier molecular flexibility index (Phi) is 3.89. The maximum absolute atomic E-state index is 5.79. The highest BCUT2D eigenvalue weighted by Gasteiger charge is 2.33. The second-order valence-electron chi connectivity index (χ2n) is 5.07. The van der Waals surface area contributed by atoms with Crippen molar-refractivity contribution in [1.29, 1.82) is 0 Å². The summed E-state index contributed by atoms with van der Waals surface area (Å²) >= 11 is 3.80. The van der Waals surface area contributed by atoms with Crippen LogP contribution in [0.25, 0.3) is 11.1 Å². The molecule has 0 spiro atoms. The van der Waals surface area contributed by atoms with Gasteiger partial charge in [0.15, 0.2) is 11.5 Å². The lowest BCUT2D eigenvalue weighted by molar-refractivity contribution is 0.0870. The van der Waals surface area contributed by atoms with Crippen LogP contribution in [-0.4, -0.2) is 22.5 Å². The fourth-order valence-electron chi connectivity index (χ4n) is 2.82. The van der Waals surface area contributed by atoms with Crippen LogP contribution >= 0.6 is 15.9 Å². The Morgan fingerprint density at radius 2 is 2.26 bits per heavy atom. The van der Waals surface area contributed by atoms with Crippen molar-refractivity contribution in [3.05, 3.63) is 30.2 Å². The third-order valence-corrected chi connectivity index (χ3v) is 4.84. The summed E-state index contributed by atoms with van der Waals surface area (Å²) in [6.45, 7) is 3.06. The number of aromatic nitrogens is 1. The van der Waals surface area contributed by atoms with Gasteiger partial charge in [0, 0.05) is 23.8 Å². The van der Waals surface area contributed by atoms with Crippen LogP contribution in [0.1, 0.15) is 25.7 Å². The molecule has 0 amide bonds. The van der Waals surface area contributed by atoms with Crippen LogP contribution in [0.5, 0.6) is 0 Å². The summed E-state index contributed by atoms with van der Waals surface area (Å²) in [5, 5.41) is 0. The molecule has 3 nitrogen and oxygen atoms in total. The molecule has 1 saturated heterocycles. The monoisotopic (exact) mass is 323 g/mol. The van der Waals surface area contributed by atoms with Crippen LogP contribution in [0.4, 0.5) is 0 Å². The lowest BCUT2D eigenvalue weighted by Crippen LogP contribution is -2.25. The van der Waals surface area contributed by atoms with E-state index in [4.69, 9.17) is 9.15 Å². The molecule has 2 aromatic rings. The average Bonchev–Trinajstić information content (AvgIpc) is 3.03. The number of oxazole rings is 1. The highest BCUT2D eigenvalue weighted by molar-refractivity contribution is 9.09.